The Balaban J connectivity index is 1.52. The van der Waals surface area contributed by atoms with Crippen molar-refractivity contribution < 1.29 is 26.4 Å². The van der Waals surface area contributed by atoms with Crippen LogP contribution in [0, 0.1) is 11.3 Å². The third-order valence-corrected chi connectivity index (χ3v) is 8.82. The molecule has 1 aliphatic heterocycles. The Morgan fingerprint density at radius 1 is 0.973 bits per heavy atom. The van der Waals surface area contributed by atoms with Gasteiger partial charge in [-0.1, -0.05) is 36.4 Å². The van der Waals surface area contributed by atoms with Gasteiger partial charge in [-0.3, -0.25) is 5.32 Å². The second-order valence-electron chi connectivity index (χ2n) is 8.82. The Morgan fingerprint density at radius 3 is 2.30 bits per heavy atom. The molecule has 3 aromatic rings. The van der Waals surface area contributed by atoms with Crippen LogP contribution in [0.15, 0.2) is 77.7 Å². The van der Waals surface area contributed by atoms with Gasteiger partial charge in [0.2, 0.25) is 0 Å². The minimum absolute atomic E-state index is 0.0424. The van der Waals surface area contributed by atoms with E-state index in [4.69, 9.17) is 4.74 Å². The molecule has 9 nitrogen and oxygen atoms in total. The molecule has 0 unspecified atom stereocenters. The van der Waals surface area contributed by atoms with Gasteiger partial charge in [0, 0.05) is 36.0 Å². The third-order valence-electron chi connectivity index (χ3n) is 6.01. The van der Waals surface area contributed by atoms with Crippen molar-refractivity contribution in [2.75, 3.05) is 28.4 Å². The summed E-state index contributed by atoms with van der Waals surface area (Å²) in [5, 5.41) is 14.9. The molecule has 0 aliphatic carbocycles. The van der Waals surface area contributed by atoms with Crippen molar-refractivity contribution in [1.29, 1.82) is 5.26 Å². The second-order valence-corrected chi connectivity index (χ2v) is 13.1. The molecule has 0 atom stereocenters. The number of nitrogens with zero attached hydrogens (tertiary/aromatic N) is 1. The van der Waals surface area contributed by atoms with E-state index in [0.717, 1.165) is 6.26 Å². The molecular formula is C26H25N3O6S2. The summed E-state index contributed by atoms with van der Waals surface area (Å²) in [5.41, 5.74) is 1.28. The third kappa shape index (κ3) is 6.47. The van der Waals surface area contributed by atoms with Gasteiger partial charge in [0.1, 0.15) is 0 Å². The fourth-order valence-corrected chi connectivity index (χ4v) is 6.53. The highest BCUT2D eigenvalue weighted by molar-refractivity contribution is 7.91. The summed E-state index contributed by atoms with van der Waals surface area (Å²) < 4.78 is 54.1. The molecule has 2 N–H and O–H groups in total. The minimum atomic E-state index is -3.43. The van der Waals surface area contributed by atoms with Crippen LogP contribution in [-0.4, -0.2) is 46.4 Å². The SMILES string of the molecule is CS(=O)(=O)c1ccccc1-c1ccc(NC(=O)OC2(Nc3cccc(C#N)c3)CCS(=O)(=O)CC2)cc1. The summed E-state index contributed by atoms with van der Waals surface area (Å²) in [4.78, 5) is 13.1. The van der Waals surface area contributed by atoms with Gasteiger partial charge >= 0.3 is 6.09 Å². The van der Waals surface area contributed by atoms with Crippen molar-refractivity contribution >= 4 is 37.1 Å². The van der Waals surface area contributed by atoms with E-state index < -0.39 is 31.5 Å². The molecule has 4 rings (SSSR count). The number of benzene rings is 3. The largest absolute Gasteiger partial charge is 0.423 e. The minimum Gasteiger partial charge on any atom is -0.423 e. The summed E-state index contributed by atoms with van der Waals surface area (Å²) in [7, 11) is -6.68. The van der Waals surface area contributed by atoms with Crippen LogP contribution in [0.1, 0.15) is 18.4 Å². The molecule has 0 spiro atoms. The van der Waals surface area contributed by atoms with E-state index in [1.54, 1.807) is 66.7 Å². The first-order valence-electron chi connectivity index (χ1n) is 11.4. The predicted molar refractivity (Wildman–Crippen MR) is 140 cm³/mol. The van der Waals surface area contributed by atoms with Crippen LogP contribution in [0.4, 0.5) is 16.2 Å². The van der Waals surface area contributed by atoms with Gasteiger partial charge in [0.05, 0.1) is 28.0 Å². The van der Waals surface area contributed by atoms with Gasteiger partial charge in [-0.25, -0.2) is 21.6 Å². The lowest BCUT2D eigenvalue weighted by Crippen LogP contribution is -2.49. The number of nitrogens with one attached hydrogen (secondary N) is 2. The van der Waals surface area contributed by atoms with Gasteiger partial charge in [0.15, 0.2) is 25.4 Å². The normalized spacial score (nSPS) is 16.2. The number of ether oxygens (including phenoxy) is 1. The lowest BCUT2D eigenvalue weighted by molar-refractivity contribution is 0.0341. The monoisotopic (exact) mass is 539 g/mol. The first kappa shape index (κ1) is 26.2. The molecule has 0 saturated carbocycles. The molecule has 1 heterocycles. The molecule has 0 radical (unpaired) electrons. The van der Waals surface area contributed by atoms with Gasteiger partial charge < -0.3 is 10.1 Å². The number of carbonyl (C=O) groups is 1. The van der Waals surface area contributed by atoms with Crippen LogP contribution in [0.2, 0.25) is 0 Å². The average molecular weight is 540 g/mol. The number of amides is 1. The number of hydrogen-bond acceptors (Lipinski definition) is 8. The van der Waals surface area contributed by atoms with E-state index >= 15 is 0 Å². The summed E-state index contributed by atoms with van der Waals surface area (Å²) in [6.45, 7) is 0. The van der Waals surface area contributed by atoms with E-state index in [-0.39, 0.29) is 29.2 Å². The number of hydrogen-bond donors (Lipinski definition) is 2. The maximum atomic E-state index is 12.8. The molecule has 11 heteroatoms. The van der Waals surface area contributed by atoms with Crippen molar-refractivity contribution in [1.82, 2.24) is 0 Å². The maximum Gasteiger partial charge on any atom is 0.413 e. The average Bonchev–Trinajstić information content (AvgIpc) is 2.86. The quantitative estimate of drug-likeness (QED) is 0.444. The summed E-state index contributed by atoms with van der Waals surface area (Å²) >= 11 is 0. The number of sulfone groups is 2. The molecule has 37 heavy (non-hydrogen) atoms. The smallest absolute Gasteiger partial charge is 0.413 e. The Bertz CT molecular complexity index is 1560. The molecule has 0 aromatic heterocycles. The lowest BCUT2D eigenvalue weighted by atomic mass is 10.1. The Kier molecular flexibility index (Phi) is 7.25. The zero-order valence-electron chi connectivity index (χ0n) is 20.0. The van der Waals surface area contributed by atoms with Crippen molar-refractivity contribution in [3.05, 3.63) is 78.4 Å². The highest BCUT2D eigenvalue weighted by Gasteiger charge is 2.41. The lowest BCUT2D eigenvalue weighted by Gasteiger charge is -2.37. The topological polar surface area (TPSA) is 142 Å². The van der Waals surface area contributed by atoms with E-state index in [1.165, 1.54) is 6.07 Å². The fourth-order valence-electron chi connectivity index (χ4n) is 4.13. The van der Waals surface area contributed by atoms with E-state index in [9.17, 15) is 26.9 Å². The standard InChI is InChI=1S/C26H25N3O6S2/c1-36(31,32)24-8-3-2-7-23(24)20-9-11-21(12-10-20)28-25(30)35-26(13-15-37(33,34)16-14-26)29-22-6-4-5-19(17-22)18-27/h2-12,17,29H,13-16H2,1H3,(H,28,30). The summed E-state index contributed by atoms with van der Waals surface area (Å²) in [6.07, 6.45) is 0.448. The summed E-state index contributed by atoms with van der Waals surface area (Å²) in [5.74, 6) is -0.306. The Morgan fingerprint density at radius 2 is 1.65 bits per heavy atom. The van der Waals surface area contributed by atoms with Crippen LogP contribution in [-0.2, 0) is 24.4 Å². The molecule has 192 valence electrons. The van der Waals surface area contributed by atoms with E-state index in [2.05, 4.69) is 10.6 Å². The molecule has 1 amide bonds. The van der Waals surface area contributed by atoms with Gasteiger partial charge in [-0.15, -0.1) is 0 Å². The molecule has 1 fully saturated rings. The van der Waals surface area contributed by atoms with Crippen LogP contribution < -0.4 is 10.6 Å². The van der Waals surface area contributed by atoms with Gasteiger partial charge in [-0.05, 0) is 42.0 Å². The van der Waals surface area contributed by atoms with E-state index in [1.807, 2.05) is 6.07 Å². The zero-order valence-corrected chi connectivity index (χ0v) is 21.6. The van der Waals surface area contributed by atoms with Crippen LogP contribution in [0.25, 0.3) is 11.1 Å². The highest BCUT2D eigenvalue weighted by atomic mass is 32.2. The van der Waals surface area contributed by atoms with Crippen molar-refractivity contribution in [2.24, 2.45) is 0 Å². The maximum absolute atomic E-state index is 12.8. The number of carbonyl (C=O) groups excluding carboxylic acids is 1. The van der Waals surface area contributed by atoms with Crippen LogP contribution >= 0.6 is 0 Å². The first-order valence-corrected chi connectivity index (χ1v) is 15.1. The van der Waals surface area contributed by atoms with Crippen LogP contribution in [0.5, 0.6) is 0 Å². The van der Waals surface area contributed by atoms with Crippen molar-refractivity contribution in [3.63, 3.8) is 0 Å². The molecule has 1 saturated heterocycles. The van der Waals surface area contributed by atoms with Gasteiger partial charge in [-0.2, -0.15) is 5.26 Å². The predicted octanol–water partition coefficient (Wildman–Crippen LogP) is 4.19. The second kappa shape index (κ2) is 10.2. The number of rotatable bonds is 6. The fraction of sp³-hybridized carbons (Fsp3) is 0.231. The Labute approximate surface area is 215 Å². The van der Waals surface area contributed by atoms with Crippen molar-refractivity contribution in [2.45, 2.75) is 23.5 Å². The first-order chi connectivity index (χ1) is 17.5. The zero-order chi connectivity index (χ0) is 26.7. The molecule has 1 aliphatic rings. The number of nitriles is 1. The van der Waals surface area contributed by atoms with E-state index in [0.29, 0.717) is 28.1 Å². The number of anilines is 2. The molecule has 3 aromatic carbocycles. The molecular weight excluding hydrogens is 514 g/mol. The molecule has 0 bridgehead atoms. The Hall–Kier alpha value is -3.88. The van der Waals surface area contributed by atoms with Crippen LogP contribution in [0.3, 0.4) is 0 Å². The van der Waals surface area contributed by atoms with Gasteiger partial charge in [0.25, 0.3) is 0 Å². The highest BCUT2D eigenvalue weighted by Crippen LogP contribution is 2.31. The van der Waals surface area contributed by atoms with Crippen molar-refractivity contribution in [3.8, 4) is 17.2 Å². The summed E-state index contributed by atoms with van der Waals surface area (Å²) in [6, 6.07) is 21.9.